The van der Waals surface area contributed by atoms with Gasteiger partial charge in [-0.3, -0.25) is 9.59 Å². The highest BCUT2D eigenvalue weighted by atomic mass is 35.5. The molecule has 0 aliphatic heterocycles. The number of hydrogen-bond acceptors (Lipinski definition) is 2. The van der Waals surface area contributed by atoms with Gasteiger partial charge < -0.3 is 10.2 Å². The van der Waals surface area contributed by atoms with Crippen molar-refractivity contribution in [3.05, 3.63) is 69.7 Å². The molecule has 0 saturated heterocycles. The van der Waals surface area contributed by atoms with Crippen LogP contribution in [-0.2, 0) is 22.6 Å². The van der Waals surface area contributed by atoms with Gasteiger partial charge in [-0.05, 0) is 31.0 Å². The third kappa shape index (κ3) is 5.98. The minimum absolute atomic E-state index is 0.156. The molecule has 2 aromatic carbocycles. The molecule has 4 nitrogen and oxygen atoms in total. The topological polar surface area (TPSA) is 49.4 Å². The maximum atomic E-state index is 13.0. The quantitative estimate of drug-likeness (QED) is 0.702. The van der Waals surface area contributed by atoms with E-state index in [1.807, 2.05) is 37.3 Å². The van der Waals surface area contributed by atoms with Crippen LogP contribution in [0.2, 0.25) is 10.0 Å². The Morgan fingerprint density at radius 1 is 1.04 bits per heavy atom. The molecule has 0 fully saturated rings. The molecule has 0 aliphatic carbocycles. The highest BCUT2D eigenvalue weighted by Gasteiger charge is 2.27. The first-order valence-corrected chi connectivity index (χ1v) is 9.73. The summed E-state index contributed by atoms with van der Waals surface area (Å²) in [5.41, 5.74) is 1.52. The van der Waals surface area contributed by atoms with Crippen LogP contribution >= 0.6 is 23.2 Å². The molecule has 2 amide bonds. The van der Waals surface area contributed by atoms with E-state index in [1.165, 1.54) is 4.90 Å². The zero-order valence-corrected chi connectivity index (χ0v) is 17.1. The second kappa shape index (κ2) is 10.3. The van der Waals surface area contributed by atoms with Crippen LogP contribution in [0.5, 0.6) is 0 Å². The van der Waals surface area contributed by atoms with Crippen molar-refractivity contribution in [1.29, 1.82) is 0 Å². The van der Waals surface area contributed by atoms with Gasteiger partial charge >= 0.3 is 0 Å². The first-order chi connectivity index (χ1) is 12.9. The molecule has 0 spiro atoms. The number of hydrogen-bond donors (Lipinski definition) is 1. The highest BCUT2D eigenvalue weighted by Crippen LogP contribution is 2.26. The third-order valence-electron chi connectivity index (χ3n) is 4.30. The summed E-state index contributed by atoms with van der Waals surface area (Å²) < 4.78 is 0. The number of rotatable bonds is 8. The molecule has 0 bridgehead atoms. The van der Waals surface area contributed by atoms with Gasteiger partial charge in [0.25, 0.3) is 0 Å². The molecule has 0 radical (unpaired) electrons. The van der Waals surface area contributed by atoms with Gasteiger partial charge in [0.15, 0.2) is 0 Å². The van der Waals surface area contributed by atoms with Crippen LogP contribution in [0.25, 0.3) is 0 Å². The van der Waals surface area contributed by atoms with E-state index in [1.54, 1.807) is 25.1 Å². The van der Waals surface area contributed by atoms with E-state index in [4.69, 9.17) is 23.2 Å². The van der Waals surface area contributed by atoms with E-state index in [0.717, 1.165) is 12.0 Å². The molecule has 2 rings (SSSR count). The Labute approximate surface area is 170 Å². The smallest absolute Gasteiger partial charge is 0.242 e. The second-order valence-corrected chi connectivity index (χ2v) is 7.17. The van der Waals surface area contributed by atoms with Crippen LogP contribution in [0, 0.1) is 0 Å². The Bertz CT molecular complexity index is 761. The summed E-state index contributed by atoms with van der Waals surface area (Å²) in [7, 11) is 0. The van der Waals surface area contributed by atoms with Crippen molar-refractivity contribution in [3.8, 4) is 0 Å². The highest BCUT2D eigenvalue weighted by molar-refractivity contribution is 6.36. The van der Waals surface area contributed by atoms with E-state index in [2.05, 4.69) is 5.32 Å². The molecule has 6 heteroatoms. The lowest BCUT2D eigenvalue weighted by Crippen LogP contribution is -2.48. The minimum atomic E-state index is -0.639. The van der Waals surface area contributed by atoms with Gasteiger partial charge in [0, 0.05) is 28.7 Å². The van der Waals surface area contributed by atoms with Gasteiger partial charge in [0.2, 0.25) is 11.8 Å². The Balaban J connectivity index is 2.27. The zero-order valence-electron chi connectivity index (χ0n) is 15.5. The van der Waals surface area contributed by atoms with Gasteiger partial charge in [-0.25, -0.2) is 0 Å². The largest absolute Gasteiger partial charge is 0.354 e. The van der Waals surface area contributed by atoms with Crippen molar-refractivity contribution < 1.29 is 9.59 Å². The zero-order chi connectivity index (χ0) is 19.8. The van der Waals surface area contributed by atoms with Crippen molar-refractivity contribution in [2.45, 2.75) is 39.3 Å². The van der Waals surface area contributed by atoms with E-state index < -0.39 is 6.04 Å². The molecule has 0 heterocycles. The number of carbonyl (C=O) groups excluding carboxylic acids is 2. The van der Waals surface area contributed by atoms with Gasteiger partial charge in [0.05, 0.1) is 6.42 Å². The van der Waals surface area contributed by atoms with Crippen LogP contribution < -0.4 is 5.32 Å². The van der Waals surface area contributed by atoms with Crippen molar-refractivity contribution in [3.63, 3.8) is 0 Å². The standard InChI is InChI=1S/C21H24Cl2N2O2/c1-3-12-24-21(27)15(2)25(14-17-18(22)10-7-11-19(17)23)20(26)13-16-8-5-4-6-9-16/h4-11,15H,3,12-14H2,1-2H3,(H,24,27)/t15-/m1/s1. The first-order valence-electron chi connectivity index (χ1n) is 8.98. The Hall–Kier alpha value is -2.04. The Morgan fingerprint density at radius 3 is 2.26 bits per heavy atom. The van der Waals surface area contributed by atoms with Gasteiger partial charge in [-0.1, -0.05) is 66.5 Å². The lowest BCUT2D eigenvalue weighted by Gasteiger charge is -2.29. The molecular weight excluding hydrogens is 383 g/mol. The van der Waals surface area contributed by atoms with Crippen molar-refractivity contribution in [2.24, 2.45) is 0 Å². The SMILES string of the molecule is CCCNC(=O)[C@@H](C)N(Cc1c(Cl)cccc1Cl)C(=O)Cc1ccccc1. The number of amides is 2. The fourth-order valence-electron chi connectivity index (χ4n) is 2.70. The number of nitrogens with zero attached hydrogens (tertiary/aromatic N) is 1. The van der Waals surface area contributed by atoms with Crippen molar-refractivity contribution in [2.75, 3.05) is 6.54 Å². The summed E-state index contributed by atoms with van der Waals surface area (Å²) in [5.74, 6) is -0.349. The predicted molar refractivity (Wildman–Crippen MR) is 110 cm³/mol. The molecule has 0 aromatic heterocycles. The lowest BCUT2D eigenvalue weighted by molar-refractivity contribution is -0.140. The van der Waals surface area contributed by atoms with Gasteiger partial charge in [-0.2, -0.15) is 0 Å². The van der Waals surface area contributed by atoms with E-state index in [0.29, 0.717) is 22.2 Å². The number of benzene rings is 2. The normalized spacial score (nSPS) is 11.7. The number of halogens is 2. The fourth-order valence-corrected chi connectivity index (χ4v) is 3.22. The molecule has 1 atom stereocenters. The maximum absolute atomic E-state index is 13.0. The first kappa shape index (κ1) is 21.3. The molecular formula is C21H24Cl2N2O2. The summed E-state index contributed by atoms with van der Waals surface area (Å²) in [5, 5.41) is 3.79. The van der Waals surface area contributed by atoms with E-state index in [-0.39, 0.29) is 24.8 Å². The molecule has 0 saturated carbocycles. The number of carbonyl (C=O) groups is 2. The predicted octanol–water partition coefficient (Wildman–Crippen LogP) is 4.48. The molecule has 144 valence electrons. The maximum Gasteiger partial charge on any atom is 0.242 e. The second-order valence-electron chi connectivity index (χ2n) is 6.35. The fraction of sp³-hybridized carbons (Fsp3) is 0.333. The summed E-state index contributed by atoms with van der Waals surface area (Å²) >= 11 is 12.6. The summed E-state index contributed by atoms with van der Waals surface area (Å²) in [6.07, 6.45) is 1.03. The van der Waals surface area contributed by atoms with Crippen LogP contribution in [0.3, 0.4) is 0 Å². The summed E-state index contributed by atoms with van der Waals surface area (Å²) in [4.78, 5) is 27.0. The monoisotopic (exact) mass is 406 g/mol. The molecule has 0 aliphatic rings. The molecule has 0 unspecified atom stereocenters. The van der Waals surface area contributed by atoms with Crippen LogP contribution in [0.1, 0.15) is 31.4 Å². The molecule has 2 aromatic rings. The van der Waals surface area contributed by atoms with E-state index >= 15 is 0 Å². The minimum Gasteiger partial charge on any atom is -0.354 e. The van der Waals surface area contributed by atoms with Gasteiger partial charge in [0.1, 0.15) is 6.04 Å². The summed E-state index contributed by atoms with van der Waals surface area (Å²) in [6.45, 7) is 4.44. The number of nitrogens with one attached hydrogen (secondary N) is 1. The van der Waals surface area contributed by atoms with Crippen molar-refractivity contribution >= 4 is 35.0 Å². The van der Waals surface area contributed by atoms with Crippen LogP contribution in [0.4, 0.5) is 0 Å². The van der Waals surface area contributed by atoms with Crippen LogP contribution in [0.15, 0.2) is 48.5 Å². The Kier molecular flexibility index (Phi) is 8.14. The third-order valence-corrected chi connectivity index (χ3v) is 5.01. The van der Waals surface area contributed by atoms with Gasteiger partial charge in [-0.15, -0.1) is 0 Å². The average molecular weight is 407 g/mol. The van der Waals surface area contributed by atoms with Crippen molar-refractivity contribution in [1.82, 2.24) is 10.2 Å². The average Bonchev–Trinajstić information content (AvgIpc) is 2.66. The Morgan fingerprint density at radius 2 is 1.67 bits per heavy atom. The molecule has 1 N–H and O–H groups in total. The molecule has 27 heavy (non-hydrogen) atoms. The summed E-state index contributed by atoms with van der Waals surface area (Å²) in [6, 6.07) is 14.0. The van der Waals surface area contributed by atoms with Crippen LogP contribution in [-0.4, -0.2) is 29.3 Å². The van der Waals surface area contributed by atoms with E-state index in [9.17, 15) is 9.59 Å². The lowest BCUT2D eigenvalue weighted by atomic mass is 10.1.